The van der Waals surface area contributed by atoms with Crippen LogP contribution in [-0.4, -0.2) is 26.3 Å². The Labute approximate surface area is 135 Å². The zero-order chi connectivity index (χ0) is 17.2. The maximum atomic E-state index is 12.1. The Morgan fingerprint density at radius 3 is 2.70 bits per heavy atom. The predicted molar refractivity (Wildman–Crippen MR) is 84.7 cm³/mol. The molecule has 126 valence electrons. The molecule has 2 rings (SSSR count). The molecule has 1 fully saturated rings. The van der Waals surface area contributed by atoms with Gasteiger partial charge in [0.15, 0.2) is 0 Å². The van der Waals surface area contributed by atoms with E-state index in [1.807, 2.05) is 6.92 Å². The molecule has 0 aromatic heterocycles. The molecule has 0 saturated carbocycles. The highest BCUT2D eigenvalue weighted by Gasteiger charge is 2.28. The number of piperidine rings is 1. The second-order valence-electron chi connectivity index (χ2n) is 6.03. The average Bonchev–Trinajstić information content (AvgIpc) is 2.42. The van der Waals surface area contributed by atoms with Crippen LogP contribution in [0.15, 0.2) is 23.1 Å². The number of nitrogens with two attached hydrogens (primary N) is 1. The van der Waals surface area contributed by atoms with E-state index in [0.717, 1.165) is 5.56 Å². The Balaban J connectivity index is 1.99. The van der Waals surface area contributed by atoms with Gasteiger partial charge < -0.3 is 10.6 Å². The number of carbonyl (C=O) groups excluding carboxylic acids is 2. The second-order valence-corrected chi connectivity index (χ2v) is 7.56. The monoisotopic (exact) mass is 339 g/mol. The van der Waals surface area contributed by atoms with E-state index in [1.165, 1.54) is 6.07 Å². The fourth-order valence-corrected chi connectivity index (χ4v) is 3.51. The topological polar surface area (TPSA) is 118 Å². The first kappa shape index (κ1) is 17.4. The van der Waals surface area contributed by atoms with Crippen LogP contribution < -0.4 is 15.8 Å². The van der Waals surface area contributed by atoms with Gasteiger partial charge in [-0.15, -0.1) is 0 Å². The fourth-order valence-electron chi connectivity index (χ4n) is 2.74. The van der Waals surface area contributed by atoms with Crippen molar-refractivity contribution in [3.63, 3.8) is 0 Å². The van der Waals surface area contributed by atoms with Crippen molar-refractivity contribution in [1.82, 2.24) is 10.6 Å². The highest BCUT2D eigenvalue weighted by molar-refractivity contribution is 7.89. The van der Waals surface area contributed by atoms with E-state index < -0.39 is 16.1 Å². The summed E-state index contributed by atoms with van der Waals surface area (Å²) in [7, 11) is -3.75. The zero-order valence-electron chi connectivity index (χ0n) is 13.1. The van der Waals surface area contributed by atoms with Gasteiger partial charge in [-0.05, 0) is 36.5 Å². The lowest BCUT2D eigenvalue weighted by molar-refractivity contribution is -0.132. The number of amides is 2. The van der Waals surface area contributed by atoms with Crippen molar-refractivity contribution < 1.29 is 18.0 Å². The molecule has 1 aliphatic heterocycles. The number of primary sulfonamides is 1. The molecule has 0 bridgehead atoms. The van der Waals surface area contributed by atoms with Crippen LogP contribution in [-0.2, 0) is 26.2 Å². The molecule has 0 aliphatic carbocycles. The molecule has 0 radical (unpaired) electrons. The number of benzene rings is 1. The summed E-state index contributed by atoms with van der Waals surface area (Å²) in [4.78, 5) is 23.7. The standard InChI is InChI=1S/C15H21N3O4S/c1-9-5-12(18-14(19)6-9)15(20)17-8-11-3-4-13(10(2)7-11)23(16,21)22/h3-4,7,9,12H,5-6,8H2,1-2H3,(H,17,20)(H,18,19)(H2,16,21,22)/t9-,12-/m0/s1. The number of hydrogen-bond donors (Lipinski definition) is 3. The zero-order valence-corrected chi connectivity index (χ0v) is 13.9. The third kappa shape index (κ3) is 4.52. The number of nitrogens with one attached hydrogen (secondary N) is 2. The molecule has 1 aromatic carbocycles. The van der Waals surface area contributed by atoms with Gasteiger partial charge in [-0.1, -0.05) is 19.1 Å². The Hall–Kier alpha value is -1.93. The molecule has 4 N–H and O–H groups in total. The normalized spacial score (nSPS) is 21.6. The largest absolute Gasteiger partial charge is 0.350 e. The fraction of sp³-hybridized carbons (Fsp3) is 0.467. The van der Waals surface area contributed by atoms with Crippen LogP contribution in [0.1, 0.15) is 30.9 Å². The van der Waals surface area contributed by atoms with E-state index >= 15 is 0 Å². The maximum Gasteiger partial charge on any atom is 0.242 e. The average molecular weight is 339 g/mol. The molecule has 1 aliphatic rings. The Morgan fingerprint density at radius 2 is 2.13 bits per heavy atom. The van der Waals surface area contributed by atoms with E-state index in [1.54, 1.807) is 19.1 Å². The minimum absolute atomic E-state index is 0.0703. The Kier molecular flexibility index (Phi) is 5.06. The van der Waals surface area contributed by atoms with Crippen LogP contribution in [0.25, 0.3) is 0 Å². The summed E-state index contributed by atoms with van der Waals surface area (Å²) in [5.74, 6) is -0.175. The van der Waals surface area contributed by atoms with Crippen molar-refractivity contribution in [3.8, 4) is 0 Å². The van der Waals surface area contributed by atoms with E-state index in [9.17, 15) is 18.0 Å². The van der Waals surface area contributed by atoms with E-state index in [-0.39, 0.29) is 29.2 Å². The van der Waals surface area contributed by atoms with Crippen LogP contribution in [0.3, 0.4) is 0 Å². The van der Waals surface area contributed by atoms with E-state index in [4.69, 9.17) is 5.14 Å². The van der Waals surface area contributed by atoms with Crippen LogP contribution in [0.5, 0.6) is 0 Å². The van der Waals surface area contributed by atoms with Crippen molar-refractivity contribution in [2.45, 2.75) is 44.2 Å². The Bertz CT molecular complexity index is 730. The summed E-state index contributed by atoms with van der Waals surface area (Å²) in [6.45, 7) is 3.84. The third-order valence-electron chi connectivity index (χ3n) is 3.84. The van der Waals surface area contributed by atoms with Crippen LogP contribution in [0.4, 0.5) is 0 Å². The first-order valence-corrected chi connectivity index (χ1v) is 8.91. The summed E-state index contributed by atoms with van der Waals surface area (Å²) in [5.41, 5.74) is 1.29. The van der Waals surface area contributed by atoms with Crippen molar-refractivity contribution >= 4 is 21.8 Å². The number of sulfonamides is 1. The van der Waals surface area contributed by atoms with Gasteiger partial charge in [0.25, 0.3) is 0 Å². The molecule has 1 saturated heterocycles. The molecular formula is C15H21N3O4S. The highest BCUT2D eigenvalue weighted by Crippen LogP contribution is 2.17. The highest BCUT2D eigenvalue weighted by atomic mass is 32.2. The minimum Gasteiger partial charge on any atom is -0.350 e. The van der Waals surface area contributed by atoms with Crippen molar-refractivity contribution in [2.24, 2.45) is 11.1 Å². The van der Waals surface area contributed by atoms with Crippen molar-refractivity contribution in [2.75, 3.05) is 0 Å². The summed E-state index contributed by atoms with van der Waals surface area (Å²) < 4.78 is 22.7. The minimum atomic E-state index is -3.75. The molecule has 23 heavy (non-hydrogen) atoms. The van der Waals surface area contributed by atoms with Gasteiger partial charge in [-0.25, -0.2) is 13.6 Å². The van der Waals surface area contributed by atoms with Gasteiger partial charge in [-0.2, -0.15) is 0 Å². The molecule has 1 heterocycles. The van der Waals surface area contributed by atoms with Crippen LogP contribution in [0.2, 0.25) is 0 Å². The van der Waals surface area contributed by atoms with Gasteiger partial charge in [0.05, 0.1) is 4.90 Å². The van der Waals surface area contributed by atoms with Crippen LogP contribution >= 0.6 is 0 Å². The second kappa shape index (κ2) is 6.67. The SMILES string of the molecule is Cc1cc(CNC(=O)[C@@H]2C[C@H](C)CC(=O)N2)ccc1S(N)(=O)=O. The predicted octanol–water partition coefficient (Wildman–Crippen LogP) is 0.173. The van der Waals surface area contributed by atoms with Gasteiger partial charge >= 0.3 is 0 Å². The number of rotatable bonds is 4. The number of aryl methyl sites for hydroxylation is 1. The molecular weight excluding hydrogens is 318 g/mol. The first-order chi connectivity index (χ1) is 10.7. The van der Waals surface area contributed by atoms with E-state index in [0.29, 0.717) is 18.4 Å². The first-order valence-electron chi connectivity index (χ1n) is 7.36. The smallest absolute Gasteiger partial charge is 0.242 e. The molecule has 1 aromatic rings. The van der Waals surface area contributed by atoms with Gasteiger partial charge in [0.2, 0.25) is 21.8 Å². The molecule has 2 atom stereocenters. The van der Waals surface area contributed by atoms with Crippen LogP contribution in [0, 0.1) is 12.8 Å². The Morgan fingerprint density at radius 1 is 1.43 bits per heavy atom. The third-order valence-corrected chi connectivity index (χ3v) is 4.91. The van der Waals surface area contributed by atoms with E-state index in [2.05, 4.69) is 10.6 Å². The van der Waals surface area contributed by atoms with Crippen molar-refractivity contribution in [1.29, 1.82) is 0 Å². The number of hydrogen-bond acceptors (Lipinski definition) is 4. The summed E-state index contributed by atoms with van der Waals surface area (Å²) in [5, 5.41) is 10.6. The lowest BCUT2D eigenvalue weighted by Crippen LogP contribution is -2.50. The summed E-state index contributed by atoms with van der Waals surface area (Å²) >= 11 is 0. The molecule has 0 spiro atoms. The number of carbonyl (C=O) groups is 2. The quantitative estimate of drug-likeness (QED) is 0.724. The summed E-state index contributed by atoms with van der Waals surface area (Å²) in [6.07, 6.45) is 1.05. The lowest BCUT2D eigenvalue weighted by Gasteiger charge is -2.26. The maximum absolute atomic E-state index is 12.1. The lowest BCUT2D eigenvalue weighted by atomic mass is 9.93. The molecule has 0 unspecified atom stereocenters. The van der Waals surface area contributed by atoms with Gasteiger partial charge in [0.1, 0.15) is 6.04 Å². The van der Waals surface area contributed by atoms with Crippen molar-refractivity contribution in [3.05, 3.63) is 29.3 Å². The molecule has 2 amide bonds. The molecule has 8 heteroatoms. The van der Waals surface area contributed by atoms with Gasteiger partial charge in [0, 0.05) is 13.0 Å². The summed E-state index contributed by atoms with van der Waals surface area (Å²) in [6, 6.07) is 4.18. The van der Waals surface area contributed by atoms with Gasteiger partial charge in [-0.3, -0.25) is 9.59 Å². The molecule has 7 nitrogen and oxygen atoms in total.